The summed E-state index contributed by atoms with van der Waals surface area (Å²) in [6, 6.07) is 13.5. The van der Waals surface area contributed by atoms with Crippen LogP contribution in [-0.2, 0) is 0 Å². The van der Waals surface area contributed by atoms with Crippen LogP contribution in [0.5, 0.6) is 5.75 Å². The Morgan fingerprint density at radius 2 is 1.78 bits per heavy atom. The molecular formula is C18H20N2O3. The van der Waals surface area contributed by atoms with Crippen molar-refractivity contribution in [3.63, 3.8) is 0 Å². The summed E-state index contributed by atoms with van der Waals surface area (Å²) in [7, 11) is 0. The van der Waals surface area contributed by atoms with Crippen LogP contribution in [0, 0.1) is 0 Å². The van der Waals surface area contributed by atoms with Crippen LogP contribution in [0.15, 0.2) is 48.5 Å². The summed E-state index contributed by atoms with van der Waals surface area (Å²) in [6.07, 6.45) is 2.06. The standard InChI is InChI=1S/C18H20N2O3/c1-2-3-12-23-14-10-8-13(9-11-14)18(22)20-16-7-5-4-6-15(16)17(19)21/h4-11H,2-3,12H2,1H3,(H2,19,21)(H,20,22). The van der Waals surface area contributed by atoms with E-state index >= 15 is 0 Å². The number of nitrogens with one attached hydrogen (secondary N) is 1. The van der Waals surface area contributed by atoms with Crippen LogP contribution in [0.25, 0.3) is 0 Å². The van der Waals surface area contributed by atoms with E-state index in [0.29, 0.717) is 17.9 Å². The van der Waals surface area contributed by atoms with Crippen molar-refractivity contribution in [1.29, 1.82) is 0 Å². The van der Waals surface area contributed by atoms with Gasteiger partial charge < -0.3 is 15.8 Å². The molecule has 0 saturated heterocycles. The van der Waals surface area contributed by atoms with E-state index in [1.54, 1.807) is 48.5 Å². The summed E-state index contributed by atoms with van der Waals surface area (Å²) in [4.78, 5) is 23.6. The second-order valence-corrected chi connectivity index (χ2v) is 5.09. The largest absolute Gasteiger partial charge is 0.494 e. The Kier molecular flexibility index (Phi) is 5.74. The zero-order valence-electron chi connectivity index (χ0n) is 13.0. The number of para-hydroxylation sites is 1. The van der Waals surface area contributed by atoms with Crippen LogP contribution in [0.4, 0.5) is 5.69 Å². The van der Waals surface area contributed by atoms with E-state index in [0.717, 1.165) is 18.6 Å². The Morgan fingerprint density at radius 1 is 1.09 bits per heavy atom. The van der Waals surface area contributed by atoms with Crippen molar-refractivity contribution < 1.29 is 14.3 Å². The molecule has 23 heavy (non-hydrogen) atoms. The molecule has 2 aromatic carbocycles. The fraction of sp³-hybridized carbons (Fsp3) is 0.222. The molecular weight excluding hydrogens is 292 g/mol. The minimum absolute atomic E-state index is 0.278. The van der Waals surface area contributed by atoms with Gasteiger partial charge in [-0.25, -0.2) is 0 Å². The highest BCUT2D eigenvalue weighted by Gasteiger charge is 2.11. The van der Waals surface area contributed by atoms with Crippen LogP contribution < -0.4 is 15.8 Å². The zero-order valence-corrected chi connectivity index (χ0v) is 13.0. The molecule has 120 valence electrons. The van der Waals surface area contributed by atoms with Crippen molar-refractivity contribution >= 4 is 17.5 Å². The van der Waals surface area contributed by atoms with Gasteiger partial charge in [-0.1, -0.05) is 25.5 Å². The average Bonchev–Trinajstić information content (AvgIpc) is 2.56. The molecule has 0 bridgehead atoms. The first kappa shape index (κ1) is 16.5. The fourth-order valence-electron chi connectivity index (χ4n) is 2.04. The molecule has 0 radical (unpaired) electrons. The second kappa shape index (κ2) is 7.98. The molecule has 0 saturated carbocycles. The number of unbranched alkanes of at least 4 members (excludes halogenated alkanes) is 1. The number of hydrogen-bond acceptors (Lipinski definition) is 3. The lowest BCUT2D eigenvalue weighted by Crippen LogP contribution is -2.18. The molecule has 0 aliphatic heterocycles. The molecule has 0 unspecified atom stereocenters. The molecule has 2 rings (SSSR count). The Bertz CT molecular complexity index is 681. The van der Waals surface area contributed by atoms with Crippen LogP contribution >= 0.6 is 0 Å². The van der Waals surface area contributed by atoms with E-state index in [9.17, 15) is 9.59 Å². The summed E-state index contributed by atoms with van der Waals surface area (Å²) >= 11 is 0. The molecule has 0 heterocycles. The molecule has 2 amide bonds. The van der Waals surface area contributed by atoms with Gasteiger partial charge in [0.25, 0.3) is 11.8 Å². The molecule has 5 heteroatoms. The monoisotopic (exact) mass is 312 g/mol. The van der Waals surface area contributed by atoms with Crippen molar-refractivity contribution in [3.05, 3.63) is 59.7 Å². The first-order valence-electron chi connectivity index (χ1n) is 7.55. The first-order valence-corrected chi connectivity index (χ1v) is 7.55. The number of ether oxygens (including phenoxy) is 1. The van der Waals surface area contributed by atoms with Crippen molar-refractivity contribution in [2.75, 3.05) is 11.9 Å². The molecule has 0 fully saturated rings. The Morgan fingerprint density at radius 3 is 2.43 bits per heavy atom. The quantitative estimate of drug-likeness (QED) is 0.770. The third kappa shape index (κ3) is 4.57. The third-order valence-electron chi connectivity index (χ3n) is 3.32. The van der Waals surface area contributed by atoms with Crippen molar-refractivity contribution in [1.82, 2.24) is 0 Å². The van der Waals surface area contributed by atoms with Gasteiger partial charge in [-0.15, -0.1) is 0 Å². The van der Waals surface area contributed by atoms with Crippen LogP contribution in [0.2, 0.25) is 0 Å². The zero-order chi connectivity index (χ0) is 16.7. The van der Waals surface area contributed by atoms with Gasteiger partial charge in [0.05, 0.1) is 17.9 Å². The summed E-state index contributed by atoms with van der Waals surface area (Å²) < 4.78 is 5.56. The number of rotatable bonds is 7. The fourth-order valence-corrected chi connectivity index (χ4v) is 2.04. The molecule has 0 aliphatic rings. The maximum Gasteiger partial charge on any atom is 0.255 e. The Hall–Kier alpha value is -2.82. The van der Waals surface area contributed by atoms with Crippen LogP contribution in [-0.4, -0.2) is 18.4 Å². The van der Waals surface area contributed by atoms with Crippen molar-refractivity contribution in [2.24, 2.45) is 5.73 Å². The van der Waals surface area contributed by atoms with E-state index in [1.165, 1.54) is 0 Å². The van der Waals surface area contributed by atoms with Gasteiger partial charge in [-0.2, -0.15) is 0 Å². The Labute approximate surface area is 135 Å². The molecule has 2 aromatic rings. The highest BCUT2D eigenvalue weighted by atomic mass is 16.5. The van der Waals surface area contributed by atoms with Gasteiger partial charge in [-0.05, 0) is 42.8 Å². The number of hydrogen-bond donors (Lipinski definition) is 2. The van der Waals surface area contributed by atoms with Gasteiger partial charge in [0.1, 0.15) is 5.75 Å². The molecule has 5 nitrogen and oxygen atoms in total. The topological polar surface area (TPSA) is 81.4 Å². The van der Waals surface area contributed by atoms with Crippen molar-refractivity contribution in [2.45, 2.75) is 19.8 Å². The summed E-state index contributed by atoms with van der Waals surface area (Å²) in [5.41, 5.74) is 6.45. The lowest BCUT2D eigenvalue weighted by Gasteiger charge is -2.09. The van der Waals surface area contributed by atoms with E-state index in [1.807, 2.05) is 0 Å². The Balaban J connectivity index is 2.05. The highest BCUT2D eigenvalue weighted by molar-refractivity contribution is 6.08. The van der Waals surface area contributed by atoms with Gasteiger partial charge in [0.2, 0.25) is 0 Å². The number of benzene rings is 2. The van der Waals surface area contributed by atoms with Gasteiger partial charge >= 0.3 is 0 Å². The van der Waals surface area contributed by atoms with Crippen molar-refractivity contribution in [3.8, 4) is 5.75 Å². The lowest BCUT2D eigenvalue weighted by atomic mass is 10.1. The van der Waals surface area contributed by atoms with E-state index in [2.05, 4.69) is 12.2 Å². The summed E-state index contributed by atoms with van der Waals surface area (Å²) in [5.74, 6) is -0.160. The summed E-state index contributed by atoms with van der Waals surface area (Å²) in [6.45, 7) is 2.76. The van der Waals surface area contributed by atoms with Gasteiger partial charge in [0, 0.05) is 5.56 Å². The molecule has 3 N–H and O–H groups in total. The minimum Gasteiger partial charge on any atom is -0.494 e. The van der Waals surface area contributed by atoms with Crippen LogP contribution in [0.1, 0.15) is 40.5 Å². The van der Waals surface area contributed by atoms with Gasteiger partial charge in [-0.3, -0.25) is 9.59 Å². The smallest absolute Gasteiger partial charge is 0.255 e. The number of nitrogens with two attached hydrogens (primary N) is 1. The highest BCUT2D eigenvalue weighted by Crippen LogP contribution is 2.17. The lowest BCUT2D eigenvalue weighted by molar-refractivity contribution is 0.100. The molecule has 0 aliphatic carbocycles. The summed E-state index contributed by atoms with van der Waals surface area (Å²) in [5, 5.41) is 2.70. The predicted octanol–water partition coefficient (Wildman–Crippen LogP) is 3.22. The average molecular weight is 312 g/mol. The second-order valence-electron chi connectivity index (χ2n) is 5.09. The third-order valence-corrected chi connectivity index (χ3v) is 3.32. The minimum atomic E-state index is -0.583. The number of primary amides is 1. The predicted molar refractivity (Wildman–Crippen MR) is 89.8 cm³/mol. The van der Waals surface area contributed by atoms with E-state index in [-0.39, 0.29) is 11.5 Å². The maximum atomic E-state index is 12.3. The van der Waals surface area contributed by atoms with Gasteiger partial charge in [0.15, 0.2) is 0 Å². The molecule has 0 atom stereocenters. The SMILES string of the molecule is CCCCOc1ccc(C(=O)Nc2ccccc2C(N)=O)cc1. The number of anilines is 1. The number of amides is 2. The maximum absolute atomic E-state index is 12.3. The molecule has 0 spiro atoms. The van der Waals surface area contributed by atoms with E-state index < -0.39 is 5.91 Å². The normalized spacial score (nSPS) is 10.1. The van der Waals surface area contributed by atoms with Crippen LogP contribution in [0.3, 0.4) is 0 Å². The van der Waals surface area contributed by atoms with E-state index in [4.69, 9.17) is 10.5 Å². The molecule has 0 aromatic heterocycles. The number of carbonyl (C=O) groups is 2. The first-order chi connectivity index (χ1) is 11.1. The number of carbonyl (C=O) groups excluding carboxylic acids is 2.